The van der Waals surface area contributed by atoms with E-state index in [9.17, 15) is 0 Å². The quantitative estimate of drug-likeness (QED) is 0.206. The maximum absolute atomic E-state index is 6.13. The standard InChI is InChI=1S/C38H28O2Si/c1-41(2,37-17-9-5-11-27(37)25-19-21-35-31(23-25)29-13-3-7-15-33(29)39-35)38-18-10-6-12-28(38)26-20-22-36-32(24-26)30-14-4-8-16-34(30)40-36/h3-24H,1-2H3. The highest BCUT2D eigenvalue weighted by Crippen LogP contribution is 2.34. The minimum atomic E-state index is -2.17. The Morgan fingerprint density at radius 3 is 1.27 bits per heavy atom. The van der Waals surface area contributed by atoms with Crippen molar-refractivity contribution in [3.63, 3.8) is 0 Å². The van der Waals surface area contributed by atoms with E-state index in [0.717, 1.165) is 43.9 Å². The van der Waals surface area contributed by atoms with Crippen LogP contribution in [0.25, 0.3) is 66.1 Å². The van der Waals surface area contributed by atoms with Crippen LogP contribution in [0.4, 0.5) is 0 Å². The van der Waals surface area contributed by atoms with Gasteiger partial charge < -0.3 is 8.83 Å². The summed E-state index contributed by atoms with van der Waals surface area (Å²) in [7, 11) is -2.17. The number of fused-ring (bicyclic) bond motifs is 6. The molecule has 0 N–H and O–H groups in total. The van der Waals surface area contributed by atoms with Crippen LogP contribution in [-0.4, -0.2) is 8.07 Å². The van der Waals surface area contributed by atoms with E-state index in [0.29, 0.717) is 0 Å². The predicted molar refractivity (Wildman–Crippen MR) is 175 cm³/mol. The number of furan rings is 2. The lowest BCUT2D eigenvalue weighted by Gasteiger charge is -2.29. The number of rotatable bonds is 4. The van der Waals surface area contributed by atoms with Crippen LogP contribution in [0, 0.1) is 0 Å². The van der Waals surface area contributed by atoms with Crippen molar-refractivity contribution in [1.29, 1.82) is 0 Å². The van der Waals surface area contributed by atoms with E-state index >= 15 is 0 Å². The molecule has 2 aromatic heterocycles. The molecule has 8 aromatic rings. The van der Waals surface area contributed by atoms with Gasteiger partial charge in [0.15, 0.2) is 0 Å². The molecular formula is C38H28O2Si. The van der Waals surface area contributed by atoms with Crippen molar-refractivity contribution in [3.8, 4) is 22.3 Å². The van der Waals surface area contributed by atoms with Crippen molar-refractivity contribution in [2.24, 2.45) is 0 Å². The molecule has 0 saturated heterocycles. The van der Waals surface area contributed by atoms with Crippen LogP contribution in [0.15, 0.2) is 142 Å². The second-order valence-corrected chi connectivity index (χ2v) is 15.7. The average molecular weight is 545 g/mol. The molecule has 0 unspecified atom stereocenters. The van der Waals surface area contributed by atoms with Crippen molar-refractivity contribution >= 4 is 62.3 Å². The summed E-state index contributed by atoms with van der Waals surface area (Å²) in [4.78, 5) is 0. The Morgan fingerprint density at radius 2 is 0.780 bits per heavy atom. The van der Waals surface area contributed by atoms with E-state index in [-0.39, 0.29) is 0 Å². The van der Waals surface area contributed by atoms with E-state index in [4.69, 9.17) is 8.83 Å². The number of hydrogen-bond donors (Lipinski definition) is 0. The summed E-state index contributed by atoms with van der Waals surface area (Å²) >= 11 is 0. The van der Waals surface area contributed by atoms with Gasteiger partial charge in [-0.1, -0.05) is 110 Å². The zero-order valence-corrected chi connectivity index (χ0v) is 24.0. The van der Waals surface area contributed by atoms with Crippen LogP contribution in [0.2, 0.25) is 13.1 Å². The van der Waals surface area contributed by atoms with Gasteiger partial charge in [0.25, 0.3) is 0 Å². The first-order valence-corrected chi connectivity index (χ1v) is 17.1. The number of para-hydroxylation sites is 2. The maximum atomic E-state index is 6.13. The second-order valence-electron chi connectivity index (χ2n) is 11.3. The van der Waals surface area contributed by atoms with Crippen molar-refractivity contribution in [1.82, 2.24) is 0 Å². The smallest absolute Gasteiger partial charge is 0.135 e. The monoisotopic (exact) mass is 544 g/mol. The fourth-order valence-electron chi connectivity index (χ4n) is 6.49. The van der Waals surface area contributed by atoms with Gasteiger partial charge in [0.05, 0.1) is 0 Å². The summed E-state index contributed by atoms with van der Waals surface area (Å²) in [5.41, 5.74) is 8.75. The highest BCUT2D eigenvalue weighted by Gasteiger charge is 2.31. The number of hydrogen-bond acceptors (Lipinski definition) is 2. The summed E-state index contributed by atoms with van der Waals surface area (Å²) in [5.74, 6) is 0. The summed E-state index contributed by atoms with van der Waals surface area (Å²) in [6.07, 6.45) is 0. The van der Waals surface area contributed by atoms with Gasteiger partial charge in [-0.15, -0.1) is 0 Å². The van der Waals surface area contributed by atoms with Gasteiger partial charge in [-0.2, -0.15) is 0 Å². The molecule has 0 amide bonds. The Balaban J connectivity index is 1.29. The van der Waals surface area contributed by atoms with Gasteiger partial charge in [0.1, 0.15) is 30.4 Å². The molecule has 0 radical (unpaired) electrons. The third kappa shape index (κ3) is 3.77. The van der Waals surface area contributed by atoms with E-state index in [1.807, 2.05) is 24.3 Å². The molecule has 2 nitrogen and oxygen atoms in total. The van der Waals surface area contributed by atoms with Gasteiger partial charge >= 0.3 is 0 Å². The van der Waals surface area contributed by atoms with Crippen molar-refractivity contribution in [3.05, 3.63) is 133 Å². The fourth-order valence-corrected chi connectivity index (χ4v) is 9.61. The summed E-state index contributed by atoms with van der Waals surface area (Å²) in [6, 6.07) is 47.7. The highest BCUT2D eigenvalue weighted by molar-refractivity contribution is 7.02. The molecule has 0 atom stereocenters. The highest BCUT2D eigenvalue weighted by atomic mass is 28.3. The van der Waals surface area contributed by atoms with Crippen molar-refractivity contribution in [2.75, 3.05) is 0 Å². The minimum Gasteiger partial charge on any atom is -0.456 e. The van der Waals surface area contributed by atoms with Gasteiger partial charge in [-0.05, 0) is 69.0 Å². The molecular weight excluding hydrogens is 517 g/mol. The summed E-state index contributed by atoms with van der Waals surface area (Å²) in [6.45, 7) is 4.95. The molecule has 0 aliphatic carbocycles. The van der Waals surface area contributed by atoms with Crippen LogP contribution >= 0.6 is 0 Å². The zero-order chi connectivity index (χ0) is 27.6. The Morgan fingerprint density at radius 1 is 0.390 bits per heavy atom. The third-order valence-electron chi connectivity index (χ3n) is 8.58. The minimum absolute atomic E-state index is 0.927. The Hall–Kier alpha value is -4.86. The molecule has 0 aliphatic rings. The first kappa shape index (κ1) is 24.0. The molecule has 0 saturated carbocycles. The Labute approximate surface area is 239 Å². The SMILES string of the molecule is C[Si](C)(c1ccccc1-c1ccc2oc3ccccc3c2c1)c1ccccc1-c1ccc2oc3ccccc3c2c1. The zero-order valence-electron chi connectivity index (χ0n) is 23.0. The first-order chi connectivity index (χ1) is 20.1. The molecule has 0 spiro atoms. The normalized spacial score (nSPS) is 12.1. The van der Waals surface area contributed by atoms with Crippen LogP contribution in [0.3, 0.4) is 0 Å². The fraction of sp³-hybridized carbons (Fsp3) is 0.0526. The molecule has 0 fully saturated rings. The average Bonchev–Trinajstić information content (AvgIpc) is 3.58. The van der Waals surface area contributed by atoms with Crippen LogP contribution in [-0.2, 0) is 0 Å². The lowest BCUT2D eigenvalue weighted by atomic mass is 10.0. The summed E-state index contributed by atoms with van der Waals surface area (Å²) < 4.78 is 12.3. The first-order valence-electron chi connectivity index (χ1n) is 14.1. The predicted octanol–water partition coefficient (Wildman–Crippen LogP) is 9.64. The lowest BCUT2D eigenvalue weighted by Crippen LogP contribution is -2.54. The van der Waals surface area contributed by atoms with Gasteiger partial charge in [0.2, 0.25) is 0 Å². The largest absolute Gasteiger partial charge is 0.456 e. The molecule has 6 aromatic carbocycles. The van der Waals surface area contributed by atoms with E-state index in [1.54, 1.807) is 0 Å². The Kier molecular flexibility index (Phi) is 5.31. The van der Waals surface area contributed by atoms with Crippen LogP contribution < -0.4 is 10.4 Å². The van der Waals surface area contributed by atoms with Crippen LogP contribution in [0.1, 0.15) is 0 Å². The molecule has 0 aliphatic heterocycles. The molecule has 0 bridgehead atoms. The Bertz CT molecular complexity index is 2090. The molecule has 8 rings (SSSR count). The van der Waals surface area contributed by atoms with Crippen molar-refractivity contribution in [2.45, 2.75) is 13.1 Å². The number of benzene rings is 6. The molecule has 2 heterocycles. The van der Waals surface area contributed by atoms with Gasteiger partial charge in [-0.25, -0.2) is 0 Å². The molecule has 196 valence electrons. The van der Waals surface area contributed by atoms with Crippen molar-refractivity contribution < 1.29 is 8.83 Å². The molecule has 3 heteroatoms. The van der Waals surface area contributed by atoms with Gasteiger partial charge in [0, 0.05) is 21.5 Å². The topological polar surface area (TPSA) is 26.3 Å². The third-order valence-corrected chi connectivity index (χ3v) is 12.1. The lowest BCUT2D eigenvalue weighted by molar-refractivity contribution is 0.668. The second kappa shape index (κ2) is 9.08. The van der Waals surface area contributed by atoms with E-state index in [1.165, 1.54) is 32.6 Å². The van der Waals surface area contributed by atoms with Crippen LogP contribution in [0.5, 0.6) is 0 Å². The van der Waals surface area contributed by atoms with Gasteiger partial charge in [-0.3, -0.25) is 0 Å². The maximum Gasteiger partial charge on any atom is 0.135 e. The van der Waals surface area contributed by atoms with E-state index in [2.05, 4.69) is 122 Å². The molecule has 41 heavy (non-hydrogen) atoms. The van der Waals surface area contributed by atoms with E-state index < -0.39 is 8.07 Å². The summed E-state index contributed by atoms with van der Waals surface area (Å²) in [5, 5.41) is 7.49.